The summed E-state index contributed by atoms with van der Waals surface area (Å²) >= 11 is 0. The van der Waals surface area contributed by atoms with E-state index in [0.717, 1.165) is 38.3 Å². The summed E-state index contributed by atoms with van der Waals surface area (Å²) in [7, 11) is 0. The zero-order valence-electron chi connectivity index (χ0n) is 35.8. The van der Waals surface area contributed by atoms with Crippen LogP contribution in [0.2, 0.25) is 0 Å². The Kier molecular flexibility index (Phi) is 4.41. The average molecular weight is 680 g/mol. The number of hydrogen-bond donors (Lipinski definition) is 1. The van der Waals surface area contributed by atoms with E-state index < -0.39 is 71.5 Å². The summed E-state index contributed by atoms with van der Waals surface area (Å²) in [6.07, 6.45) is 0. The molecule has 11 rings (SSSR count). The van der Waals surface area contributed by atoms with Gasteiger partial charge in [0.15, 0.2) is 17.5 Å². The summed E-state index contributed by atoms with van der Waals surface area (Å²) in [5.74, 6) is -1.71. The van der Waals surface area contributed by atoms with E-state index in [4.69, 9.17) is 21.2 Å². The van der Waals surface area contributed by atoms with Gasteiger partial charge in [0.25, 0.3) is 0 Å². The lowest BCUT2D eigenvalue weighted by Gasteiger charge is -2.10. The van der Waals surface area contributed by atoms with Gasteiger partial charge in [-0.25, -0.2) is 15.0 Å². The van der Waals surface area contributed by atoms with Gasteiger partial charge in [-0.2, -0.15) is 0 Å². The van der Waals surface area contributed by atoms with Crippen molar-refractivity contribution < 1.29 is 26.3 Å². The minimum Gasteiger partial charge on any atom is -0.507 e. The van der Waals surface area contributed by atoms with E-state index >= 15 is 0 Å². The molecule has 7 heteroatoms. The van der Waals surface area contributed by atoms with Gasteiger partial charge < -0.3 is 18.5 Å². The van der Waals surface area contributed by atoms with Crippen LogP contribution in [-0.4, -0.2) is 24.6 Å². The van der Waals surface area contributed by atoms with Crippen LogP contribution >= 0.6 is 0 Å². The molecule has 4 heterocycles. The fourth-order valence-corrected chi connectivity index (χ4v) is 7.21. The van der Waals surface area contributed by atoms with Gasteiger partial charge in [-0.05, 0) is 54.5 Å². The molecule has 0 aliphatic heterocycles. The Bertz CT molecular complexity index is 3550. The number of aromatic nitrogens is 4. The quantitative estimate of drug-likeness (QED) is 0.199. The molecule has 0 unspecified atom stereocenters. The molecule has 0 aliphatic rings. The molecule has 0 saturated heterocycles. The summed E-state index contributed by atoms with van der Waals surface area (Å²) in [5, 5.41) is 16.1. The predicted octanol–water partition coefficient (Wildman–Crippen LogP) is 11.5. The summed E-state index contributed by atoms with van der Waals surface area (Å²) in [6, 6.07) is 25.6. The number of furan rings is 2. The van der Waals surface area contributed by atoms with Gasteiger partial charge in [-0.3, -0.25) is 0 Å². The molecule has 244 valence electrons. The minimum absolute atomic E-state index is 0.0834. The highest BCUT2D eigenvalue weighted by Crippen LogP contribution is 2.43. The lowest BCUT2D eigenvalue weighted by Crippen LogP contribution is -2.00. The predicted molar refractivity (Wildman–Crippen MR) is 207 cm³/mol. The zero-order valence-corrected chi connectivity index (χ0v) is 26.8. The number of phenolic OH excluding ortho intramolecular Hbond substituents is 1. The third-order valence-corrected chi connectivity index (χ3v) is 9.41. The summed E-state index contributed by atoms with van der Waals surface area (Å²) in [5.41, 5.74) is 4.76. The second-order valence-electron chi connectivity index (χ2n) is 12.3. The number of rotatable bonds is 4. The number of hydrogen-bond acceptors (Lipinski definition) is 6. The molecule has 0 amide bonds. The van der Waals surface area contributed by atoms with Crippen LogP contribution in [0.25, 0.3) is 106 Å². The molecule has 0 aliphatic carbocycles. The van der Waals surface area contributed by atoms with E-state index in [9.17, 15) is 5.11 Å². The zero-order chi connectivity index (χ0) is 42.2. The molecular formula is C45H26N4O3. The number of para-hydroxylation sites is 3. The van der Waals surface area contributed by atoms with E-state index in [0.29, 0.717) is 38.7 Å². The Morgan fingerprint density at radius 2 is 1.19 bits per heavy atom. The monoisotopic (exact) mass is 679 g/mol. The SMILES string of the molecule is [2H]c1c([2H])c([2H])c(-c2nc(-c3c([2H])c([2H])c([2H])c([2H])c3O)nc(-c3cccc4oc5c(ccc6oc7cc(-n8c9ccccc9c9ccccc98)ccc7c65)c34)n2)c([2H])c1[2H]. The molecule has 11 aromatic rings. The molecule has 4 aromatic heterocycles. The highest BCUT2D eigenvalue weighted by atomic mass is 16.3. The number of nitrogens with zero attached hydrogens (tertiary/aromatic N) is 4. The smallest absolute Gasteiger partial charge is 0.167 e. The second kappa shape index (κ2) is 10.9. The average Bonchev–Trinajstić information content (AvgIpc) is 3.95. The molecule has 52 heavy (non-hydrogen) atoms. The summed E-state index contributed by atoms with van der Waals surface area (Å²) in [4.78, 5) is 13.7. The van der Waals surface area contributed by atoms with E-state index in [1.165, 1.54) is 0 Å². The molecule has 7 nitrogen and oxygen atoms in total. The largest absolute Gasteiger partial charge is 0.507 e. The van der Waals surface area contributed by atoms with Crippen LogP contribution < -0.4 is 0 Å². The van der Waals surface area contributed by atoms with Gasteiger partial charge in [0, 0.05) is 49.8 Å². The van der Waals surface area contributed by atoms with Crippen LogP contribution in [0.1, 0.15) is 12.3 Å². The van der Waals surface area contributed by atoms with Crippen LogP contribution in [0.15, 0.2) is 160 Å². The van der Waals surface area contributed by atoms with Crippen LogP contribution in [0.5, 0.6) is 5.75 Å². The van der Waals surface area contributed by atoms with Crippen molar-refractivity contribution in [3.63, 3.8) is 0 Å². The van der Waals surface area contributed by atoms with Crippen molar-refractivity contribution in [2.45, 2.75) is 0 Å². The maximum Gasteiger partial charge on any atom is 0.167 e. The topological polar surface area (TPSA) is 90.1 Å². The molecule has 7 aromatic carbocycles. The van der Waals surface area contributed by atoms with E-state index in [1.807, 2.05) is 54.6 Å². The normalized spacial score (nSPS) is 14.3. The summed E-state index contributed by atoms with van der Waals surface area (Å²) < 4.78 is 90.9. The van der Waals surface area contributed by atoms with Gasteiger partial charge in [-0.15, -0.1) is 0 Å². The highest BCUT2D eigenvalue weighted by molar-refractivity contribution is 6.24. The van der Waals surface area contributed by atoms with Gasteiger partial charge in [-0.1, -0.05) is 90.8 Å². The molecule has 0 fully saturated rings. The maximum absolute atomic E-state index is 11.1. The van der Waals surface area contributed by atoms with Gasteiger partial charge >= 0.3 is 0 Å². The fourth-order valence-electron chi connectivity index (χ4n) is 7.21. The third kappa shape index (κ3) is 4.17. The van der Waals surface area contributed by atoms with E-state index in [2.05, 4.69) is 43.8 Å². The van der Waals surface area contributed by atoms with Crippen molar-refractivity contribution in [1.82, 2.24) is 19.5 Å². The molecule has 0 bridgehead atoms. The van der Waals surface area contributed by atoms with Gasteiger partial charge in [0.1, 0.15) is 28.1 Å². The molecule has 0 spiro atoms. The fraction of sp³-hybridized carbons (Fsp3) is 0. The van der Waals surface area contributed by atoms with Crippen molar-refractivity contribution in [3.8, 4) is 45.6 Å². The maximum atomic E-state index is 11.1. The lowest BCUT2D eigenvalue weighted by atomic mass is 10.0. The Morgan fingerprint density at radius 3 is 2.00 bits per heavy atom. The highest BCUT2D eigenvalue weighted by Gasteiger charge is 2.22. The molecular weight excluding hydrogens is 645 g/mol. The standard InChI is InChI=1S/C45H26N4O3/c50-36-19-9-6-15-30(36)44-46-43(26-11-2-1-3-12-26)47-45(48-44)33-16-10-20-37-40(33)32-23-24-38-41(42(32)52-37)31-22-21-27(25-39(31)51-38)49-34-17-7-4-13-28(34)29-14-5-8-18-35(29)49/h1-25,50H/i1D,2D,3D,6D,9D,11D,12D,15D,19D. The molecule has 0 radical (unpaired) electrons. The first-order valence-corrected chi connectivity index (χ1v) is 16.3. The molecule has 1 N–H and O–H groups in total. The van der Waals surface area contributed by atoms with Crippen LogP contribution in [0, 0.1) is 0 Å². The van der Waals surface area contributed by atoms with Crippen LogP contribution in [0.4, 0.5) is 0 Å². The first-order valence-electron chi connectivity index (χ1n) is 20.8. The first kappa shape index (κ1) is 21.1. The Labute approximate surface area is 308 Å². The Morgan fingerprint density at radius 1 is 0.519 bits per heavy atom. The van der Waals surface area contributed by atoms with Crippen molar-refractivity contribution >= 4 is 65.7 Å². The summed E-state index contributed by atoms with van der Waals surface area (Å²) in [6.45, 7) is 0. The number of fused-ring (bicyclic) bond motifs is 10. The number of benzene rings is 7. The Hall–Kier alpha value is -7.25. The molecule has 0 saturated carbocycles. The van der Waals surface area contributed by atoms with E-state index in [-0.39, 0.29) is 17.2 Å². The lowest BCUT2D eigenvalue weighted by molar-refractivity contribution is 0.477. The van der Waals surface area contributed by atoms with Crippen molar-refractivity contribution in [2.75, 3.05) is 0 Å². The number of phenols is 1. The van der Waals surface area contributed by atoms with Crippen molar-refractivity contribution in [2.24, 2.45) is 0 Å². The van der Waals surface area contributed by atoms with Gasteiger partial charge in [0.05, 0.1) is 34.3 Å². The molecule has 0 atom stereocenters. The minimum atomic E-state index is -0.835. The van der Waals surface area contributed by atoms with Crippen molar-refractivity contribution in [1.29, 1.82) is 0 Å². The van der Waals surface area contributed by atoms with Crippen LogP contribution in [-0.2, 0) is 0 Å². The third-order valence-electron chi connectivity index (χ3n) is 9.41. The Balaban J connectivity index is 1.15. The number of aromatic hydroxyl groups is 1. The van der Waals surface area contributed by atoms with Gasteiger partial charge in [0.2, 0.25) is 0 Å². The van der Waals surface area contributed by atoms with Crippen LogP contribution in [0.3, 0.4) is 0 Å². The van der Waals surface area contributed by atoms with E-state index in [1.54, 1.807) is 18.2 Å². The second-order valence-corrected chi connectivity index (χ2v) is 12.3. The first-order chi connectivity index (χ1) is 29.4. The van der Waals surface area contributed by atoms with Crippen molar-refractivity contribution in [3.05, 3.63) is 151 Å².